The lowest BCUT2D eigenvalue weighted by Crippen LogP contribution is -2.50. The fourth-order valence-electron chi connectivity index (χ4n) is 2.59. The number of benzene rings is 1. The van der Waals surface area contributed by atoms with Crippen LogP contribution in [0.3, 0.4) is 0 Å². The van der Waals surface area contributed by atoms with Gasteiger partial charge in [0.25, 0.3) is 5.91 Å². The fraction of sp³-hybridized carbons (Fsp3) is 0.400. The van der Waals surface area contributed by atoms with Gasteiger partial charge in [-0.1, -0.05) is 31.9 Å². The number of halogens is 1. The smallest absolute Gasteiger partial charge is 0.251 e. The van der Waals surface area contributed by atoms with Crippen molar-refractivity contribution in [2.75, 3.05) is 0 Å². The summed E-state index contributed by atoms with van der Waals surface area (Å²) in [5, 5.41) is 6.32. The first kappa shape index (κ1) is 20.0. The molecule has 2 rings (SSSR count). The van der Waals surface area contributed by atoms with E-state index in [1.807, 2.05) is 39.8 Å². The summed E-state index contributed by atoms with van der Waals surface area (Å²) in [5.41, 5.74) is 0.463. The number of nitrogens with one attached hydrogen (secondary N) is 2. The lowest BCUT2D eigenvalue weighted by atomic mass is 9.97. The Labute approximate surface area is 159 Å². The first-order valence-electron chi connectivity index (χ1n) is 8.75. The summed E-state index contributed by atoms with van der Waals surface area (Å²) in [6.45, 7) is 7.63. The molecule has 0 spiro atoms. The maximum absolute atomic E-state index is 12.8. The molecule has 2 amide bonds. The van der Waals surface area contributed by atoms with Crippen LogP contribution in [-0.2, 0) is 4.79 Å². The van der Waals surface area contributed by atoms with Crippen LogP contribution >= 0.6 is 11.6 Å². The predicted molar refractivity (Wildman–Crippen MR) is 102 cm³/mol. The zero-order valence-corrected chi connectivity index (χ0v) is 16.3. The van der Waals surface area contributed by atoms with Crippen molar-refractivity contribution in [1.82, 2.24) is 10.6 Å². The van der Waals surface area contributed by atoms with Crippen molar-refractivity contribution in [2.24, 2.45) is 5.92 Å². The van der Waals surface area contributed by atoms with Gasteiger partial charge in [0, 0.05) is 10.6 Å². The lowest BCUT2D eigenvalue weighted by molar-refractivity contribution is -0.124. The summed E-state index contributed by atoms with van der Waals surface area (Å²) < 4.78 is 5.56. The van der Waals surface area contributed by atoms with Gasteiger partial charge in [0.1, 0.15) is 17.6 Å². The van der Waals surface area contributed by atoms with E-state index in [0.717, 1.165) is 12.2 Å². The van der Waals surface area contributed by atoms with E-state index in [1.165, 1.54) is 0 Å². The molecular formula is C20H25ClN2O3. The van der Waals surface area contributed by atoms with E-state index in [0.29, 0.717) is 16.3 Å². The molecule has 3 atom stereocenters. The molecule has 0 fully saturated rings. The normalized spacial score (nSPS) is 14.3. The first-order chi connectivity index (χ1) is 12.3. The van der Waals surface area contributed by atoms with Crippen LogP contribution in [0.5, 0.6) is 0 Å². The SMILES string of the molecule is CCC(C)C(NC(=O)c1ccc(Cl)cc1)C(=O)NC(C)c1ccc(C)o1. The zero-order chi connectivity index (χ0) is 19.3. The van der Waals surface area contributed by atoms with E-state index in [9.17, 15) is 9.59 Å². The van der Waals surface area contributed by atoms with Crippen LogP contribution in [-0.4, -0.2) is 17.9 Å². The van der Waals surface area contributed by atoms with Gasteiger partial charge in [0.05, 0.1) is 6.04 Å². The summed E-state index contributed by atoms with van der Waals surface area (Å²) >= 11 is 5.86. The minimum atomic E-state index is -0.637. The van der Waals surface area contributed by atoms with Gasteiger partial charge < -0.3 is 15.1 Å². The maximum Gasteiger partial charge on any atom is 0.251 e. The molecule has 3 unspecified atom stereocenters. The molecule has 2 aromatic rings. The van der Waals surface area contributed by atoms with E-state index in [-0.39, 0.29) is 23.8 Å². The van der Waals surface area contributed by atoms with Crippen LogP contribution in [0.25, 0.3) is 0 Å². The number of carbonyl (C=O) groups is 2. The summed E-state index contributed by atoms with van der Waals surface area (Å²) in [6.07, 6.45) is 0.757. The highest BCUT2D eigenvalue weighted by atomic mass is 35.5. The van der Waals surface area contributed by atoms with Gasteiger partial charge in [0.15, 0.2) is 0 Å². The molecular weight excluding hydrogens is 352 g/mol. The monoisotopic (exact) mass is 376 g/mol. The number of aryl methyl sites for hydroxylation is 1. The highest BCUT2D eigenvalue weighted by Gasteiger charge is 2.28. The Morgan fingerprint density at radius 2 is 1.73 bits per heavy atom. The first-order valence-corrected chi connectivity index (χ1v) is 9.12. The quantitative estimate of drug-likeness (QED) is 0.758. The molecule has 1 heterocycles. The van der Waals surface area contributed by atoms with E-state index in [4.69, 9.17) is 16.0 Å². The number of hydrogen-bond acceptors (Lipinski definition) is 3. The summed E-state index contributed by atoms with van der Waals surface area (Å²) in [5.74, 6) is 0.919. The molecule has 140 valence electrons. The highest BCUT2D eigenvalue weighted by Crippen LogP contribution is 2.17. The van der Waals surface area contributed by atoms with Crippen LogP contribution in [0.15, 0.2) is 40.8 Å². The molecule has 1 aromatic carbocycles. The van der Waals surface area contributed by atoms with Gasteiger partial charge in [-0.05, 0) is 56.2 Å². The third-order valence-corrected chi connectivity index (χ3v) is 4.69. The summed E-state index contributed by atoms with van der Waals surface area (Å²) in [7, 11) is 0. The van der Waals surface area contributed by atoms with Gasteiger partial charge >= 0.3 is 0 Å². The van der Waals surface area contributed by atoms with Crippen molar-refractivity contribution in [1.29, 1.82) is 0 Å². The number of furan rings is 1. The number of carbonyl (C=O) groups excluding carboxylic acids is 2. The lowest BCUT2D eigenvalue weighted by Gasteiger charge is -2.25. The summed E-state index contributed by atoms with van der Waals surface area (Å²) in [4.78, 5) is 25.3. The molecule has 1 aromatic heterocycles. The highest BCUT2D eigenvalue weighted by molar-refractivity contribution is 6.30. The molecule has 0 bridgehead atoms. The standard InChI is InChI=1S/C20H25ClN2O3/c1-5-12(2)18(23-19(24)15-7-9-16(21)10-8-15)20(25)22-14(4)17-11-6-13(3)26-17/h6-12,14,18H,5H2,1-4H3,(H,22,25)(H,23,24). The van der Waals surface area contributed by atoms with Crippen molar-refractivity contribution < 1.29 is 14.0 Å². The summed E-state index contributed by atoms with van der Waals surface area (Å²) in [6, 6.07) is 9.34. The van der Waals surface area contributed by atoms with Crippen molar-refractivity contribution in [2.45, 2.75) is 46.2 Å². The van der Waals surface area contributed by atoms with Gasteiger partial charge in [-0.2, -0.15) is 0 Å². The van der Waals surface area contributed by atoms with E-state index < -0.39 is 6.04 Å². The van der Waals surface area contributed by atoms with Gasteiger partial charge in [-0.3, -0.25) is 9.59 Å². The molecule has 0 aliphatic rings. The Bertz CT molecular complexity index is 755. The second-order valence-electron chi connectivity index (χ2n) is 6.52. The minimum Gasteiger partial charge on any atom is -0.464 e. The third-order valence-electron chi connectivity index (χ3n) is 4.44. The number of hydrogen-bond donors (Lipinski definition) is 2. The zero-order valence-electron chi connectivity index (χ0n) is 15.5. The average molecular weight is 377 g/mol. The molecule has 5 nitrogen and oxygen atoms in total. The second kappa shape index (κ2) is 8.90. The van der Waals surface area contributed by atoms with Crippen LogP contribution in [0.2, 0.25) is 5.02 Å². The van der Waals surface area contributed by atoms with Gasteiger partial charge in [-0.15, -0.1) is 0 Å². The molecule has 0 aliphatic carbocycles. The van der Waals surface area contributed by atoms with Gasteiger partial charge in [-0.25, -0.2) is 0 Å². The van der Waals surface area contributed by atoms with Crippen LogP contribution in [0.1, 0.15) is 55.1 Å². The fourth-order valence-corrected chi connectivity index (χ4v) is 2.71. The molecule has 6 heteroatoms. The van der Waals surface area contributed by atoms with Crippen LogP contribution < -0.4 is 10.6 Å². The second-order valence-corrected chi connectivity index (χ2v) is 6.96. The van der Waals surface area contributed by atoms with Crippen LogP contribution in [0.4, 0.5) is 0 Å². The molecule has 0 radical (unpaired) electrons. The topological polar surface area (TPSA) is 71.3 Å². The van der Waals surface area contributed by atoms with Gasteiger partial charge in [0.2, 0.25) is 5.91 Å². The van der Waals surface area contributed by atoms with Crippen LogP contribution in [0, 0.1) is 12.8 Å². The Balaban J connectivity index is 2.09. The van der Waals surface area contributed by atoms with E-state index in [2.05, 4.69) is 10.6 Å². The molecule has 2 N–H and O–H groups in total. The molecule has 0 saturated carbocycles. The Kier molecular flexibility index (Phi) is 6.86. The molecule has 26 heavy (non-hydrogen) atoms. The van der Waals surface area contributed by atoms with Crippen molar-refractivity contribution in [3.05, 3.63) is 58.5 Å². The molecule has 0 saturated heterocycles. The maximum atomic E-state index is 12.8. The Hall–Kier alpha value is -2.27. The van der Waals surface area contributed by atoms with Crippen molar-refractivity contribution in [3.63, 3.8) is 0 Å². The third kappa shape index (κ3) is 5.11. The molecule has 0 aliphatic heterocycles. The number of rotatable bonds is 7. The predicted octanol–water partition coefficient (Wildman–Crippen LogP) is 4.26. The number of amides is 2. The average Bonchev–Trinajstić information content (AvgIpc) is 3.05. The van der Waals surface area contributed by atoms with Crippen molar-refractivity contribution in [3.8, 4) is 0 Å². The minimum absolute atomic E-state index is 0.0169. The largest absolute Gasteiger partial charge is 0.464 e. The van der Waals surface area contributed by atoms with E-state index in [1.54, 1.807) is 24.3 Å². The Morgan fingerprint density at radius 1 is 1.08 bits per heavy atom. The van der Waals surface area contributed by atoms with E-state index >= 15 is 0 Å². The Morgan fingerprint density at radius 3 is 2.27 bits per heavy atom. The van der Waals surface area contributed by atoms with Crippen molar-refractivity contribution >= 4 is 23.4 Å².